The second kappa shape index (κ2) is 7.09. The monoisotopic (exact) mass is 307 g/mol. The SMILES string of the molecule is CC(C)(C)NCCCc1nnc(Cc2cccc(F)c2)s1. The Hall–Kier alpha value is -1.33. The molecule has 0 aliphatic heterocycles. The van der Waals surface area contributed by atoms with Gasteiger partial charge in [0.1, 0.15) is 15.8 Å². The van der Waals surface area contributed by atoms with Crippen LogP contribution in [0, 0.1) is 5.82 Å². The topological polar surface area (TPSA) is 37.8 Å². The molecule has 5 heteroatoms. The third-order valence-electron chi connectivity index (χ3n) is 2.98. The Kier molecular flexibility index (Phi) is 5.42. The maximum atomic E-state index is 13.1. The lowest BCUT2D eigenvalue weighted by Crippen LogP contribution is -2.36. The van der Waals surface area contributed by atoms with Crippen LogP contribution in [-0.2, 0) is 12.8 Å². The summed E-state index contributed by atoms with van der Waals surface area (Å²) in [5.41, 5.74) is 1.09. The molecule has 0 unspecified atom stereocenters. The van der Waals surface area contributed by atoms with Gasteiger partial charge in [-0.15, -0.1) is 21.5 Å². The van der Waals surface area contributed by atoms with Gasteiger partial charge in [-0.2, -0.15) is 0 Å². The standard InChI is InChI=1S/C16H22FN3S/c1-16(2,3)18-9-5-8-14-19-20-15(21-14)11-12-6-4-7-13(17)10-12/h4,6-7,10,18H,5,8-9,11H2,1-3H3. The second-order valence-electron chi connectivity index (χ2n) is 6.18. The number of benzene rings is 1. The minimum atomic E-state index is -0.203. The molecule has 0 spiro atoms. The number of halogens is 1. The lowest BCUT2D eigenvalue weighted by Gasteiger charge is -2.20. The van der Waals surface area contributed by atoms with E-state index in [4.69, 9.17) is 0 Å². The molecule has 1 aromatic carbocycles. The van der Waals surface area contributed by atoms with E-state index in [0.717, 1.165) is 35.0 Å². The summed E-state index contributed by atoms with van der Waals surface area (Å²) in [6, 6.07) is 6.65. The molecule has 1 heterocycles. The van der Waals surface area contributed by atoms with Crippen LogP contribution in [0.4, 0.5) is 4.39 Å². The first-order chi connectivity index (χ1) is 9.92. The molecule has 1 aromatic heterocycles. The summed E-state index contributed by atoms with van der Waals surface area (Å²) >= 11 is 1.62. The van der Waals surface area contributed by atoms with Gasteiger partial charge in [-0.25, -0.2) is 4.39 Å². The molecule has 0 aliphatic carbocycles. The molecule has 114 valence electrons. The fourth-order valence-corrected chi connectivity index (χ4v) is 2.91. The molecule has 0 fully saturated rings. The number of rotatable bonds is 6. The molecule has 0 saturated carbocycles. The minimum Gasteiger partial charge on any atom is -0.312 e. The normalized spacial score (nSPS) is 11.8. The van der Waals surface area contributed by atoms with Crippen LogP contribution in [0.3, 0.4) is 0 Å². The van der Waals surface area contributed by atoms with E-state index < -0.39 is 0 Å². The fourth-order valence-electron chi connectivity index (χ4n) is 1.99. The fraction of sp³-hybridized carbons (Fsp3) is 0.500. The van der Waals surface area contributed by atoms with Crippen molar-refractivity contribution in [1.29, 1.82) is 0 Å². The van der Waals surface area contributed by atoms with Crippen LogP contribution in [0.15, 0.2) is 24.3 Å². The second-order valence-corrected chi connectivity index (χ2v) is 7.32. The number of nitrogens with zero attached hydrogens (tertiary/aromatic N) is 2. The zero-order valence-electron chi connectivity index (χ0n) is 12.8. The lowest BCUT2D eigenvalue weighted by atomic mass is 10.1. The highest BCUT2D eigenvalue weighted by Crippen LogP contribution is 2.16. The van der Waals surface area contributed by atoms with Crippen LogP contribution in [0.25, 0.3) is 0 Å². The molecule has 0 radical (unpaired) electrons. The number of aromatic nitrogens is 2. The predicted octanol–water partition coefficient (Wildman–Crippen LogP) is 3.59. The van der Waals surface area contributed by atoms with Crippen molar-refractivity contribution >= 4 is 11.3 Å². The van der Waals surface area contributed by atoms with Crippen molar-refractivity contribution in [2.45, 2.75) is 45.6 Å². The first kappa shape index (κ1) is 16.0. The van der Waals surface area contributed by atoms with Gasteiger partial charge in [0.25, 0.3) is 0 Å². The van der Waals surface area contributed by atoms with Crippen molar-refractivity contribution in [1.82, 2.24) is 15.5 Å². The zero-order chi connectivity index (χ0) is 15.3. The molecular weight excluding hydrogens is 285 g/mol. The van der Waals surface area contributed by atoms with Crippen molar-refractivity contribution < 1.29 is 4.39 Å². The Morgan fingerprint density at radius 1 is 1.19 bits per heavy atom. The molecule has 0 bridgehead atoms. The van der Waals surface area contributed by atoms with Crippen molar-refractivity contribution in [3.8, 4) is 0 Å². The maximum Gasteiger partial charge on any atom is 0.123 e. The van der Waals surface area contributed by atoms with Gasteiger partial charge in [0.05, 0.1) is 0 Å². The predicted molar refractivity (Wildman–Crippen MR) is 85.2 cm³/mol. The van der Waals surface area contributed by atoms with Crippen LogP contribution in [0.1, 0.15) is 42.8 Å². The number of nitrogens with one attached hydrogen (secondary N) is 1. The molecule has 2 aromatic rings. The van der Waals surface area contributed by atoms with E-state index in [-0.39, 0.29) is 11.4 Å². The lowest BCUT2D eigenvalue weighted by molar-refractivity contribution is 0.422. The van der Waals surface area contributed by atoms with Gasteiger partial charge in [0, 0.05) is 18.4 Å². The smallest absolute Gasteiger partial charge is 0.123 e. The molecule has 0 amide bonds. The molecule has 0 atom stereocenters. The maximum absolute atomic E-state index is 13.1. The molecule has 3 nitrogen and oxygen atoms in total. The molecule has 1 N–H and O–H groups in total. The van der Waals surface area contributed by atoms with Crippen LogP contribution in [0.2, 0.25) is 0 Å². The Morgan fingerprint density at radius 2 is 1.95 bits per heavy atom. The van der Waals surface area contributed by atoms with Gasteiger partial charge in [0.15, 0.2) is 0 Å². The first-order valence-corrected chi connectivity index (χ1v) is 8.05. The van der Waals surface area contributed by atoms with E-state index in [2.05, 4.69) is 36.3 Å². The third kappa shape index (κ3) is 5.89. The molecule has 0 aliphatic rings. The van der Waals surface area contributed by atoms with Crippen molar-refractivity contribution in [2.24, 2.45) is 0 Å². The molecule has 2 rings (SSSR count). The van der Waals surface area contributed by atoms with Gasteiger partial charge >= 0.3 is 0 Å². The van der Waals surface area contributed by atoms with Gasteiger partial charge in [-0.05, 0) is 51.4 Å². The Bertz CT molecular complexity index is 575. The van der Waals surface area contributed by atoms with Gasteiger partial charge in [-0.1, -0.05) is 12.1 Å². The summed E-state index contributed by atoms with van der Waals surface area (Å²) in [5, 5.41) is 13.9. The van der Waals surface area contributed by atoms with Gasteiger partial charge in [-0.3, -0.25) is 0 Å². The van der Waals surface area contributed by atoms with E-state index in [1.165, 1.54) is 6.07 Å². The number of hydrogen-bond donors (Lipinski definition) is 1. The van der Waals surface area contributed by atoms with Crippen molar-refractivity contribution in [3.05, 3.63) is 45.7 Å². The largest absolute Gasteiger partial charge is 0.312 e. The van der Waals surface area contributed by atoms with E-state index in [1.54, 1.807) is 23.5 Å². The quantitative estimate of drug-likeness (QED) is 0.829. The van der Waals surface area contributed by atoms with Crippen LogP contribution < -0.4 is 5.32 Å². The average Bonchev–Trinajstić information content (AvgIpc) is 2.81. The highest BCUT2D eigenvalue weighted by Gasteiger charge is 2.09. The summed E-state index contributed by atoms with van der Waals surface area (Å²) in [4.78, 5) is 0. The van der Waals surface area contributed by atoms with Crippen LogP contribution >= 0.6 is 11.3 Å². The minimum absolute atomic E-state index is 0.156. The Labute approximate surface area is 129 Å². The summed E-state index contributed by atoms with van der Waals surface area (Å²) in [6.07, 6.45) is 2.63. The molecule has 0 saturated heterocycles. The van der Waals surface area contributed by atoms with Gasteiger partial charge in [0.2, 0.25) is 0 Å². The number of aryl methyl sites for hydroxylation is 1. The van der Waals surface area contributed by atoms with Gasteiger partial charge < -0.3 is 5.32 Å². The first-order valence-electron chi connectivity index (χ1n) is 7.23. The van der Waals surface area contributed by atoms with Crippen LogP contribution in [-0.4, -0.2) is 22.3 Å². The Balaban J connectivity index is 1.81. The highest BCUT2D eigenvalue weighted by atomic mass is 32.1. The average molecular weight is 307 g/mol. The zero-order valence-corrected chi connectivity index (χ0v) is 13.6. The van der Waals surface area contributed by atoms with Crippen LogP contribution in [0.5, 0.6) is 0 Å². The third-order valence-corrected chi connectivity index (χ3v) is 3.96. The van der Waals surface area contributed by atoms with E-state index in [1.807, 2.05) is 6.07 Å². The Morgan fingerprint density at radius 3 is 2.67 bits per heavy atom. The summed E-state index contributed by atoms with van der Waals surface area (Å²) in [6.45, 7) is 7.46. The number of hydrogen-bond acceptors (Lipinski definition) is 4. The van der Waals surface area contributed by atoms with Crippen molar-refractivity contribution in [3.63, 3.8) is 0 Å². The summed E-state index contributed by atoms with van der Waals surface area (Å²) < 4.78 is 13.1. The van der Waals surface area contributed by atoms with E-state index >= 15 is 0 Å². The molecule has 21 heavy (non-hydrogen) atoms. The van der Waals surface area contributed by atoms with E-state index in [9.17, 15) is 4.39 Å². The summed E-state index contributed by atoms with van der Waals surface area (Å²) in [5.74, 6) is -0.203. The molecular formula is C16H22FN3S. The highest BCUT2D eigenvalue weighted by molar-refractivity contribution is 7.11. The van der Waals surface area contributed by atoms with Crippen molar-refractivity contribution in [2.75, 3.05) is 6.54 Å². The summed E-state index contributed by atoms with van der Waals surface area (Å²) in [7, 11) is 0. The van der Waals surface area contributed by atoms with E-state index in [0.29, 0.717) is 6.42 Å².